The highest BCUT2D eigenvalue weighted by Crippen LogP contribution is 2.23. The van der Waals surface area contributed by atoms with E-state index >= 15 is 0 Å². The molecular formula is C19H23FN2OS. The zero-order valence-corrected chi connectivity index (χ0v) is 15.0. The number of amides is 1. The molecule has 1 N–H and O–H groups in total. The lowest BCUT2D eigenvalue weighted by molar-refractivity contribution is -0.120. The maximum Gasteiger partial charge on any atom is 0.233 e. The van der Waals surface area contributed by atoms with Gasteiger partial charge in [-0.1, -0.05) is 30.3 Å². The van der Waals surface area contributed by atoms with E-state index in [9.17, 15) is 9.18 Å². The molecule has 2 aromatic rings. The third-order valence-corrected chi connectivity index (χ3v) is 4.86. The lowest BCUT2D eigenvalue weighted by atomic mass is 10.1. The highest BCUT2D eigenvalue weighted by atomic mass is 32.2. The first-order chi connectivity index (χ1) is 11.5. The van der Waals surface area contributed by atoms with Gasteiger partial charge in [-0.3, -0.25) is 4.79 Å². The molecule has 1 amide bonds. The number of benzene rings is 2. The normalized spacial score (nSPS) is 13.5. The first-order valence-corrected chi connectivity index (χ1v) is 8.76. The van der Waals surface area contributed by atoms with Crippen LogP contribution in [0.25, 0.3) is 0 Å². The molecule has 0 spiro atoms. The summed E-state index contributed by atoms with van der Waals surface area (Å²) >= 11 is 1.52. The molecular weight excluding hydrogens is 323 g/mol. The topological polar surface area (TPSA) is 32.3 Å². The van der Waals surface area contributed by atoms with E-state index in [1.807, 2.05) is 62.3 Å². The first-order valence-electron chi connectivity index (χ1n) is 7.88. The summed E-state index contributed by atoms with van der Waals surface area (Å²) in [5.41, 5.74) is 0.851. The van der Waals surface area contributed by atoms with Crippen LogP contribution in [-0.4, -0.2) is 36.7 Å². The SMILES string of the molecule is CC(Sc1ccccc1)C(=O)NCC(c1cccc(F)c1)N(C)C. The summed E-state index contributed by atoms with van der Waals surface area (Å²) in [6.07, 6.45) is 0. The van der Waals surface area contributed by atoms with Gasteiger partial charge in [0.05, 0.1) is 11.3 Å². The fraction of sp³-hybridized carbons (Fsp3) is 0.316. The minimum Gasteiger partial charge on any atom is -0.353 e. The minimum absolute atomic E-state index is 0.0212. The highest BCUT2D eigenvalue weighted by molar-refractivity contribution is 8.00. The van der Waals surface area contributed by atoms with E-state index < -0.39 is 0 Å². The Bertz CT molecular complexity index is 663. The van der Waals surface area contributed by atoms with Gasteiger partial charge in [0.25, 0.3) is 0 Å². The Morgan fingerprint density at radius 2 is 1.88 bits per heavy atom. The number of thioether (sulfide) groups is 1. The van der Waals surface area contributed by atoms with Crippen LogP contribution in [0.1, 0.15) is 18.5 Å². The fourth-order valence-electron chi connectivity index (χ4n) is 2.41. The predicted molar refractivity (Wildman–Crippen MR) is 97.6 cm³/mol. The van der Waals surface area contributed by atoms with Gasteiger partial charge in [0.2, 0.25) is 5.91 Å². The molecule has 2 aromatic carbocycles. The Kier molecular flexibility index (Phi) is 6.82. The lowest BCUT2D eigenvalue weighted by Gasteiger charge is -2.25. The van der Waals surface area contributed by atoms with Crippen molar-refractivity contribution in [2.75, 3.05) is 20.6 Å². The minimum atomic E-state index is -0.265. The quantitative estimate of drug-likeness (QED) is 0.776. The third-order valence-electron chi connectivity index (χ3n) is 3.75. The molecule has 0 saturated heterocycles. The van der Waals surface area contributed by atoms with Crippen LogP contribution in [0.2, 0.25) is 0 Å². The third kappa shape index (κ3) is 5.35. The summed E-state index contributed by atoms with van der Waals surface area (Å²) < 4.78 is 13.5. The van der Waals surface area contributed by atoms with Crippen molar-refractivity contribution < 1.29 is 9.18 Å². The molecule has 0 fully saturated rings. The molecule has 0 aromatic heterocycles. The van der Waals surface area contributed by atoms with E-state index in [0.717, 1.165) is 10.5 Å². The molecule has 24 heavy (non-hydrogen) atoms. The molecule has 0 saturated carbocycles. The van der Waals surface area contributed by atoms with Crippen LogP contribution >= 0.6 is 11.8 Å². The average Bonchev–Trinajstić information content (AvgIpc) is 2.55. The van der Waals surface area contributed by atoms with Crippen molar-refractivity contribution in [3.8, 4) is 0 Å². The summed E-state index contributed by atoms with van der Waals surface area (Å²) in [5.74, 6) is -0.286. The van der Waals surface area contributed by atoms with Gasteiger partial charge >= 0.3 is 0 Å². The Balaban J connectivity index is 1.95. The highest BCUT2D eigenvalue weighted by Gasteiger charge is 2.19. The van der Waals surface area contributed by atoms with Gasteiger partial charge < -0.3 is 10.2 Å². The molecule has 2 atom stereocenters. The molecule has 0 heterocycles. The summed E-state index contributed by atoms with van der Waals surface area (Å²) in [4.78, 5) is 15.4. The molecule has 0 aliphatic carbocycles. The smallest absolute Gasteiger partial charge is 0.233 e. The molecule has 128 valence electrons. The van der Waals surface area contributed by atoms with Gasteiger partial charge in [0.1, 0.15) is 5.82 Å². The van der Waals surface area contributed by atoms with Crippen molar-refractivity contribution in [2.24, 2.45) is 0 Å². The predicted octanol–water partition coefficient (Wildman–Crippen LogP) is 3.73. The zero-order chi connectivity index (χ0) is 17.5. The Morgan fingerprint density at radius 3 is 2.50 bits per heavy atom. The average molecular weight is 346 g/mol. The maximum atomic E-state index is 13.5. The van der Waals surface area contributed by atoms with Crippen LogP contribution in [0.5, 0.6) is 0 Å². The van der Waals surface area contributed by atoms with Crippen molar-refractivity contribution in [1.82, 2.24) is 10.2 Å². The second-order valence-corrected chi connectivity index (χ2v) is 7.27. The molecule has 2 rings (SSSR count). The van der Waals surface area contributed by atoms with Gasteiger partial charge in [-0.2, -0.15) is 0 Å². The van der Waals surface area contributed by atoms with Gasteiger partial charge in [0.15, 0.2) is 0 Å². The zero-order valence-electron chi connectivity index (χ0n) is 14.2. The number of hydrogen-bond donors (Lipinski definition) is 1. The number of carbonyl (C=O) groups excluding carboxylic acids is 1. The Morgan fingerprint density at radius 1 is 1.17 bits per heavy atom. The van der Waals surface area contributed by atoms with E-state index in [4.69, 9.17) is 0 Å². The molecule has 2 unspecified atom stereocenters. The van der Waals surface area contributed by atoms with Crippen LogP contribution in [0.3, 0.4) is 0 Å². The first kappa shape index (κ1) is 18.5. The number of nitrogens with zero attached hydrogens (tertiary/aromatic N) is 1. The molecule has 3 nitrogen and oxygen atoms in total. The van der Waals surface area contributed by atoms with Crippen LogP contribution in [0.15, 0.2) is 59.5 Å². The number of likely N-dealkylation sites (N-methyl/N-ethyl adjacent to an activating group) is 1. The van der Waals surface area contributed by atoms with Crippen molar-refractivity contribution >= 4 is 17.7 Å². The van der Waals surface area contributed by atoms with E-state index in [1.165, 1.54) is 23.9 Å². The summed E-state index contributed by atoms with van der Waals surface area (Å²) in [6.45, 7) is 2.33. The lowest BCUT2D eigenvalue weighted by Crippen LogP contribution is -2.38. The van der Waals surface area contributed by atoms with Crippen LogP contribution in [-0.2, 0) is 4.79 Å². The molecule has 0 aliphatic rings. The second kappa shape index (κ2) is 8.85. The van der Waals surface area contributed by atoms with Crippen LogP contribution in [0, 0.1) is 5.82 Å². The molecule has 5 heteroatoms. The van der Waals surface area contributed by atoms with Crippen molar-refractivity contribution in [3.63, 3.8) is 0 Å². The van der Waals surface area contributed by atoms with Crippen LogP contribution in [0.4, 0.5) is 4.39 Å². The van der Waals surface area contributed by atoms with Gasteiger partial charge in [-0.25, -0.2) is 4.39 Å². The van der Waals surface area contributed by atoms with Crippen LogP contribution < -0.4 is 5.32 Å². The largest absolute Gasteiger partial charge is 0.353 e. The summed E-state index contributed by atoms with van der Waals surface area (Å²) in [7, 11) is 3.84. The van der Waals surface area contributed by atoms with E-state index in [0.29, 0.717) is 6.54 Å². The van der Waals surface area contributed by atoms with Gasteiger partial charge in [-0.05, 0) is 50.8 Å². The van der Waals surface area contributed by atoms with Crippen molar-refractivity contribution in [1.29, 1.82) is 0 Å². The van der Waals surface area contributed by atoms with E-state index in [2.05, 4.69) is 5.32 Å². The Labute approximate surface area is 147 Å². The number of carbonyl (C=O) groups is 1. The monoisotopic (exact) mass is 346 g/mol. The Hall–Kier alpha value is -1.85. The number of nitrogens with one attached hydrogen (secondary N) is 1. The van der Waals surface area contributed by atoms with Gasteiger partial charge in [-0.15, -0.1) is 11.8 Å². The van der Waals surface area contributed by atoms with Gasteiger partial charge in [0, 0.05) is 11.4 Å². The standard InChI is InChI=1S/C19H23FN2OS/c1-14(24-17-10-5-4-6-11-17)19(23)21-13-18(22(2)3)15-8-7-9-16(20)12-15/h4-12,14,18H,13H2,1-3H3,(H,21,23). The summed E-state index contributed by atoms with van der Waals surface area (Å²) in [5, 5.41) is 2.79. The fourth-order valence-corrected chi connectivity index (χ4v) is 3.32. The van der Waals surface area contributed by atoms with Crippen molar-refractivity contribution in [3.05, 3.63) is 66.0 Å². The number of hydrogen-bond acceptors (Lipinski definition) is 3. The van der Waals surface area contributed by atoms with E-state index in [-0.39, 0.29) is 23.0 Å². The maximum absolute atomic E-state index is 13.5. The van der Waals surface area contributed by atoms with Crippen molar-refractivity contribution in [2.45, 2.75) is 23.1 Å². The molecule has 0 radical (unpaired) electrons. The molecule has 0 aliphatic heterocycles. The van der Waals surface area contributed by atoms with E-state index in [1.54, 1.807) is 6.07 Å². The molecule has 0 bridgehead atoms. The second-order valence-electron chi connectivity index (χ2n) is 5.85. The number of halogens is 1. The summed E-state index contributed by atoms with van der Waals surface area (Å²) in [6, 6.07) is 16.3. The number of rotatable bonds is 7.